The molecule has 0 saturated heterocycles. The maximum atomic E-state index is 11.6. The second-order valence-corrected chi connectivity index (χ2v) is 4.83. The van der Waals surface area contributed by atoms with Crippen molar-refractivity contribution in [3.05, 3.63) is 46.0 Å². The Balaban J connectivity index is 2.44. The van der Waals surface area contributed by atoms with E-state index in [1.54, 1.807) is 0 Å². The van der Waals surface area contributed by atoms with Crippen LogP contribution in [0.15, 0.2) is 30.3 Å². The first-order valence-corrected chi connectivity index (χ1v) is 7.15. The number of hydrazine groups is 1. The van der Waals surface area contributed by atoms with Crippen molar-refractivity contribution in [2.75, 3.05) is 0 Å². The van der Waals surface area contributed by atoms with Gasteiger partial charge in [-0.3, -0.25) is 35.9 Å². The SMILES string of the molecule is CCCC(=O)NNC(=S)NC(=O)/C=C/c1ccc([N+](=O)[O-])cc1. The molecule has 0 bridgehead atoms. The minimum absolute atomic E-state index is 0.0280. The molecule has 0 unspecified atom stereocenters. The van der Waals surface area contributed by atoms with E-state index in [0.717, 1.165) is 0 Å². The van der Waals surface area contributed by atoms with Crippen LogP contribution in [0.1, 0.15) is 25.3 Å². The molecule has 0 radical (unpaired) electrons. The Bertz CT molecular complexity index is 628. The number of hydrogen-bond donors (Lipinski definition) is 3. The number of amides is 2. The van der Waals surface area contributed by atoms with Crippen LogP contribution in [0.25, 0.3) is 6.08 Å². The zero-order valence-corrected chi connectivity index (χ0v) is 13.2. The van der Waals surface area contributed by atoms with E-state index in [-0.39, 0.29) is 16.7 Å². The summed E-state index contributed by atoms with van der Waals surface area (Å²) in [6.45, 7) is 1.86. The van der Waals surface area contributed by atoms with Crippen LogP contribution in [0.5, 0.6) is 0 Å². The van der Waals surface area contributed by atoms with Crippen molar-refractivity contribution in [1.82, 2.24) is 16.2 Å². The molecule has 0 spiro atoms. The van der Waals surface area contributed by atoms with E-state index in [1.165, 1.54) is 36.4 Å². The Labute approximate surface area is 138 Å². The zero-order valence-electron chi connectivity index (χ0n) is 12.4. The lowest BCUT2D eigenvalue weighted by Crippen LogP contribution is -2.48. The van der Waals surface area contributed by atoms with E-state index in [0.29, 0.717) is 18.4 Å². The third kappa shape index (κ3) is 7.14. The number of nitrogens with zero attached hydrogens (tertiary/aromatic N) is 1. The molecule has 1 rings (SSSR count). The molecule has 0 aliphatic rings. The number of carbonyl (C=O) groups is 2. The molecule has 0 aromatic heterocycles. The van der Waals surface area contributed by atoms with Crippen molar-refractivity contribution in [3.63, 3.8) is 0 Å². The maximum Gasteiger partial charge on any atom is 0.269 e. The Hall–Kier alpha value is -2.81. The van der Waals surface area contributed by atoms with Gasteiger partial charge in [-0.25, -0.2) is 0 Å². The fourth-order valence-electron chi connectivity index (χ4n) is 1.48. The Morgan fingerprint density at radius 2 is 1.91 bits per heavy atom. The van der Waals surface area contributed by atoms with E-state index in [4.69, 9.17) is 12.2 Å². The third-order valence-electron chi connectivity index (χ3n) is 2.56. The van der Waals surface area contributed by atoms with Crippen molar-refractivity contribution >= 4 is 40.9 Å². The summed E-state index contributed by atoms with van der Waals surface area (Å²) in [6.07, 6.45) is 3.76. The van der Waals surface area contributed by atoms with Crippen molar-refractivity contribution in [2.45, 2.75) is 19.8 Å². The zero-order chi connectivity index (χ0) is 17.2. The summed E-state index contributed by atoms with van der Waals surface area (Å²) < 4.78 is 0. The first-order chi connectivity index (χ1) is 10.9. The van der Waals surface area contributed by atoms with Crippen LogP contribution in [0.2, 0.25) is 0 Å². The molecule has 1 aromatic carbocycles. The van der Waals surface area contributed by atoms with Gasteiger partial charge in [-0.15, -0.1) is 0 Å². The Morgan fingerprint density at radius 3 is 2.48 bits per heavy atom. The molecule has 3 N–H and O–H groups in total. The molecule has 8 nitrogen and oxygen atoms in total. The van der Waals surface area contributed by atoms with E-state index < -0.39 is 10.8 Å². The molecule has 2 amide bonds. The number of hydrogen-bond acceptors (Lipinski definition) is 5. The molecule has 23 heavy (non-hydrogen) atoms. The summed E-state index contributed by atoms with van der Waals surface area (Å²) in [5.41, 5.74) is 5.35. The average molecular weight is 336 g/mol. The van der Waals surface area contributed by atoms with Gasteiger partial charge in [0.2, 0.25) is 11.8 Å². The summed E-state index contributed by atoms with van der Waals surface area (Å²) in [5.74, 6) is -0.726. The number of nitro benzene ring substituents is 1. The lowest BCUT2D eigenvalue weighted by Gasteiger charge is -2.08. The highest BCUT2D eigenvalue weighted by Gasteiger charge is 2.04. The average Bonchev–Trinajstić information content (AvgIpc) is 2.51. The van der Waals surface area contributed by atoms with Gasteiger partial charge in [0.15, 0.2) is 5.11 Å². The third-order valence-corrected chi connectivity index (χ3v) is 2.76. The summed E-state index contributed by atoms with van der Waals surface area (Å²) in [6, 6.07) is 5.72. The summed E-state index contributed by atoms with van der Waals surface area (Å²) in [7, 11) is 0. The number of nitrogens with one attached hydrogen (secondary N) is 3. The number of non-ortho nitro benzene ring substituents is 1. The van der Waals surface area contributed by atoms with Gasteiger partial charge in [-0.2, -0.15) is 0 Å². The minimum Gasteiger partial charge on any atom is -0.298 e. The molecule has 0 heterocycles. The smallest absolute Gasteiger partial charge is 0.269 e. The van der Waals surface area contributed by atoms with Gasteiger partial charge in [0.1, 0.15) is 0 Å². The molecule has 9 heteroatoms. The second kappa shape index (κ2) is 9.26. The van der Waals surface area contributed by atoms with Gasteiger partial charge in [-0.05, 0) is 42.4 Å². The molecule has 1 aromatic rings. The molecular formula is C14H16N4O4S. The Morgan fingerprint density at radius 1 is 1.26 bits per heavy atom. The molecule has 122 valence electrons. The van der Waals surface area contributed by atoms with Gasteiger partial charge in [0.05, 0.1) is 4.92 Å². The van der Waals surface area contributed by atoms with Gasteiger partial charge >= 0.3 is 0 Å². The van der Waals surface area contributed by atoms with Crippen LogP contribution in [-0.4, -0.2) is 21.9 Å². The molecular weight excluding hydrogens is 320 g/mol. The quantitative estimate of drug-likeness (QED) is 0.324. The number of benzene rings is 1. The normalized spacial score (nSPS) is 10.1. The molecule has 0 aliphatic heterocycles. The second-order valence-electron chi connectivity index (χ2n) is 4.42. The van der Waals surface area contributed by atoms with Gasteiger partial charge < -0.3 is 0 Å². The summed E-state index contributed by atoms with van der Waals surface area (Å²) in [4.78, 5) is 32.9. The molecule has 0 atom stereocenters. The number of carbonyl (C=O) groups excluding carboxylic acids is 2. The van der Waals surface area contributed by atoms with E-state index in [9.17, 15) is 19.7 Å². The number of thiocarbonyl (C=S) groups is 1. The molecule has 0 fully saturated rings. The van der Waals surface area contributed by atoms with Crippen molar-refractivity contribution in [3.8, 4) is 0 Å². The fourth-order valence-corrected chi connectivity index (χ4v) is 1.63. The predicted octanol–water partition coefficient (Wildman–Crippen LogP) is 1.43. The number of rotatable bonds is 5. The molecule has 0 aliphatic carbocycles. The van der Waals surface area contributed by atoms with Crippen LogP contribution >= 0.6 is 12.2 Å². The van der Waals surface area contributed by atoms with Crippen LogP contribution in [0.4, 0.5) is 5.69 Å². The topological polar surface area (TPSA) is 113 Å². The van der Waals surface area contributed by atoms with Crippen LogP contribution < -0.4 is 16.2 Å². The standard InChI is InChI=1S/C14H16N4O4S/c1-2-3-13(20)16-17-14(23)15-12(19)9-6-10-4-7-11(8-5-10)18(21)22/h4-9H,2-3H2,1H3,(H,16,20)(H2,15,17,19,23)/b9-6+. The highest BCUT2D eigenvalue weighted by molar-refractivity contribution is 7.80. The largest absolute Gasteiger partial charge is 0.298 e. The highest BCUT2D eigenvalue weighted by Crippen LogP contribution is 2.12. The highest BCUT2D eigenvalue weighted by atomic mass is 32.1. The maximum absolute atomic E-state index is 11.6. The first kappa shape index (κ1) is 18.2. The lowest BCUT2D eigenvalue weighted by atomic mass is 10.2. The van der Waals surface area contributed by atoms with Gasteiger partial charge in [-0.1, -0.05) is 6.92 Å². The summed E-state index contributed by atoms with van der Waals surface area (Å²) >= 11 is 4.84. The minimum atomic E-state index is -0.503. The fraction of sp³-hybridized carbons (Fsp3) is 0.214. The van der Waals surface area contributed by atoms with Crippen LogP contribution in [0, 0.1) is 10.1 Å². The van der Waals surface area contributed by atoms with E-state index in [2.05, 4.69) is 16.2 Å². The van der Waals surface area contributed by atoms with Crippen molar-refractivity contribution in [2.24, 2.45) is 0 Å². The molecule has 0 saturated carbocycles. The van der Waals surface area contributed by atoms with Crippen LogP contribution in [-0.2, 0) is 9.59 Å². The van der Waals surface area contributed by atoms with Crippen molar-refractivity contribution in [1.29, 1.82) is 0 Å². The monoisotopic (exact) mass is 336 g/mol. The van der Waals surface area contributed by atoms with E-state index in [1.807, 2.05) is 6.92 Å². The predicted molar refractivity (Wildman–Crippen MR) is 89.1 cm³/mol. The first-order valence-electron chi connectivity index (χ1n) is 6.74. The van der Waals surface area contributed by atoms with Gasteiger partial charge in [0.25, 0.3) is 5.69 Å². The number of nitro groups is 1. The summed E-state index contributed by atoms with van der Waals surface area (Å²) in [5, 5.41) is 12.8. The van der Waals surface area contributed by atoms with E-state index >= 15 is 0 Å². The lowest BCUT2D eigenvalue weighted by molar-refractivity contribution is -0.384. The van der Waals surface area contributed by atoms with Crippen molar-refractivity contribution < 1.29 is 14.5 Å². The van der Waals surface area contributed by atoms with Crippen LogP contribution in [0.3, 0.4) is 0 Å². The van der Waals surface area contributed by atoms with Gasteiger partial charge in [0, 0.05) is 24.6 Å². The Kier molecular flexibility index (Phi) is 7.34.